The molecule has 2 N–H and O–H groups in total. The van der Waals surface area contributed by atoms with Crippen LogP contribution in [0.4, 0.5) is 0 Å². The Morgan fingerprint density at radius 3 is 3.05 bits per heavy atom. The molecule has 3 nitrogen and oxygen atoms in total. The zero-order valence-corrected chi connectivity index (χ0v) is 12.9. The van der Waals surface area contributed by atoms with Gasteiger partial charge in [-0.2, -0.15) is 0 Å². The maximum absolute atomic E-state index is 9.99. The molecule has 4 aliphatic heterocycles. The third-order valence-electron chi connectivity index (χ3n) is 6.33. The van der Waals surface area contributed by atoms with Gasteiger partial charge in [-0.05, 0) is 37.3 Å². The first kappa shape index (κ1) is 12.9. The average Bonchev–Trinajstić information content (AvgIpc) is 2.93. The number of nitrogens with one attached hydrogen (secondary N) is 1. The number of hydrogen-bond donors (Lipinski definition) is 2. The lowest BCUT2D eigenvalue weighted by molar-refractivity contribution is -0.0503. The fourth-order valence-electron chi connectivity index (χ4n) is 5.32. The molecule has 3 fully saturated rings. The second-order valence-electron chi connectivity index (χ2n) is 7.07. The Bertz CT molecular complexity index is 775. The molecule has 4 aliphatic rings. The average molecular weight is 294 g/mol. The van der Waals surface area contributed by atoms with Crippen LogP contribution >= 0.6 is 0 Å². The SMILES string of the molecule is C/C=C1/CN2[C@H]3C[C@H]1C(CO)[C@@H]2Cc1c3[nH]c2ccccc12. The van der Waals surface area contributed by atoms with Gasteiger partial charge in [-0.3, -0.25) is 4.90 Å². The van der Waals surface area contributed by atoms with Crippen molar-refractivity contribution in [2.45, 2.75) is 31.8 Å². The van der Waals surface area contributed by atoms with Gasteiger partial charge in [0.1, 0.15) is 0 Å². The molecule has 3 heteroatoms. The van der Waals surface area contributed by atoms with Crippen LogP contribution in [0.5, 0.6) is 0 Å². The Labute approximate surface area is 130 Å². The summed E-state index contributed by atoms with van der Waals surface area (Å²) in [6.07, 6.45) is 4.51. The lowest BCUT2D eigenvalue weighted by Gasteiger charge is -2.58. The summed E-state index contributed by atoms with van der Waals surface area (Å²) in [7, 11) is 0. The van der Waals surface area contributed by atoms with Gasteiger partial charge in [0.15, 0.2) is 0 Å². The van der Waals surface area contributed by atoms with Gasteiger partial charge >= 0.3 is 0 Å². The molecule has 6 rings (SSSR count). The van der Waals surface area contributed by atoms with E-state index < -0.39 is 0 Å². The number of H-pyrrole nitrogens is 1. The van der Waals surface area contributed by atoms with Crippen LogP contribution in [-0.4, -0.2) is 34.2 Å². The van der Waals surface area contributed by atoms with Crippen molar-refractivity contribution in [1.82, 2.24) is 9.88 Å². The molecule has 114 valence electrons. The van der Waals surface area contributed by atoms with E-state index in [1.54, 1.807) is 0 Å². The van der Waals surface area contributed by atoms with Crippen molar-refractivity contribution in [3.05, 3.63) is 47.2 Å². The van der Waals surface area contributed by atoms with E-state index in [1.807, 2.05) is 0 Å². The Morgan fingerprint density at radius 2 is 2.23 bits per heavy atom. The third-order valence-corrected chi connectivity index (χ3v) is 6.33. The molecule has 2 aromatic rings. The zero-order chi connectivity index (χ0) is 14.8. The largest absolute Gasteiger partial charge is 0.396 e. The number of hydrogen-bond acceptors (Lipinski definition) is 2. The Hall–Kier alpha value is -1.58. The molecule has 22 heavy (non-hydrogen) atoms. The van der Waals surface area contributed by atoms with Gasteiger partial charge < -0.3 is 10.1 Å². The number of rotatable bonds is 1. The van der Waals surface area contributed by atoms with E-state index in [1.165, 1.54) is 27.7 Å². The number of benzene rings is 1. The molecule has 1 aromatic heterocycles. The Morgan fingerprint density at radius 1 is 1.36 bits per heavy atom. The maximum atomic E-state index is 9.99. The van der Waals surface area contributed by atoms with Crippen molar-refractivity contribution < 1.29 is 5.11 Å². The second-order valence-corrected chi connectivity index (χ2v) is 7.07. The number of fused-ring (bicyclic) bond motifs is 4. The van der Waals surface area contributed by atoms with Crippen LogP contribution in [0.1, 0.15) is 30.6 Å². The van der Waals surface area contributed by atoms with Crippen LogP contribution in [-0.2, 0) is 6.42 Å². The molecule has 3 saturated heterocycles. The predicted octanol–water partition coefficient (Wildman–Crippen LogP) is 3.02. The topological polar surface area (TPSA) is 39.3 Å². The fourth-order valence-corrected chi connectivity index (χ4v) is 5.32. The van der Waals surface area contributed by atoms with Crippen molar-refractivity contribution in [3.8, 4) is 0 Å². The van der Waals surface area contributed by atoms with Crippen molar-refractivity contribution in [2.24, 2.45) is 11.8 Å². The molecule has 4 bridgehead atoms. The number of nitrogens with zero attached hydrogens (tertiary/aromatic N) is 1. The van der Waals surface area contributed by atoms with Crippen LogP contribution in [0.2, 0.25) is 0 Å². The van der Waals surface area contributed by atoms with Crippen LogP contribution in [0.3, 0.4) is 0 Å². The van der Waals surface area contributed by atoms with Gasteiger partial charge in [-0.25, -0.2) is 0 Å². The fraction of sp³-hybridized carbons (Fsp3) is 0.474. The molecule has 0 radical (unpaired) electrons. The van der Waals surface area contributed by atoms with Crippen LogP contribution in [0, 0.1) is 11.8 Å². The lowest BCUT2D eigenvalue weighted by Crippen LogP contribution is -2.60. The van der Waals surface area contributed by atoms with E-state index in [4.69, 9.17) is 0 Å². The summed E-state index contributed by atoms with van der Waals surface area (Å²) in [5.41, 5.74) is 5.74. The normalized spacial score (nSPS) is 37.7. The first-order valence-electron chi connectivity index (χ1n) is 8.43. The minimum atomic E-state index is 0.313. The van der Waals surface area contributed by atoms with E-state index >= 15 is 0 Å². The van der Waals surface area contributed by atoms with Crippen molar-refractivity contribution >= 4 is 10.9 Å². The van der Waals surface area contributed by atoms with E-state index in [0.717, 1.165) is 19.4 Å². The molecular weight excluding hydrogens is 272 g/mol. The van der Waals surface area contributed by atoms with E-state index in [0.29, 0.717) is 30.5 Å². The highest BCUT2D eigenvalue weighted by Gasteiger charge is 2.52. The summed E-state index contributed by atoms with van der Waals surface area (Å²) in [5.74, 6) is 0.965. The number of piperidine rings is 3. The highest BCUT2D eigenvalue weighted by Crippen LogP contribution is 2.53. The van der Waals surface area contributed by atoms with Gasteiger partial charge in [0.05, 0.1) is 6.04 Å². The molecule has 5 atom stereocenters. The summed E-state index contributed by atoms with van der Waals surface area (Å²) in [5, 5.41) is 11.4. The Kier molecular flexibility index (Phi) is 2.62. The Balaban J connectivity index is 1.69. The first-order chi connectivity index (χ1) is 10.8. The highest BCUT2D eigenvalue weighted by molar-refractivity contribution is 5.85. The van der Waals surface area contributed by atoms with Crippen molar-refractivity contribution in [3.63, 3.8) is 0 Å². The molecule has 0 spiro atoms. The molecule has 1 aromatic carbocycles. The molecule has 2 unspecified atom stereocenters. The summed E-state index contributed by atoms with van der Waals surface area (Å²) >= 11 is 0. The molecular formula is C19H22N2O. The van der Waals surface area contributed by atoms with Gasteiger partial charge in [-0.1, -0.05) is 29.8 Å². The van der Waals surface area contributed by atoms with E-state index in [9.17, 15) is 5.11 Å². The summed E-state index contributed by atoms with van der Waals surface area (Å²) < 4.78 is 0. The highest BCUT2D eigenvalue weighted by atomic mass is 16.3. The zero-order valence-electron chi connectivity index (χ0n) is 12.9. The van der Waals surface area contributed by atoms with E-state index in [2.05, 4.69) is 47.1 Å². The molecule has 5 heterocycles. The number of para-hydroxylation sites is 1. The number of aromatic amines is 1. The molecule has 0 saturated carbocycles. The van der Waals surface area contributed by atoms with Gasteiger partial charge in [-0.15, -0.1) is 0 Å². The van der Waals surface area contributed by atoms with Crippen LogP contribution in [0.15, 0.2) is 35.9 Å². The first-order valence-corrected chi connectivity index (χ1v) is 8.43. The monoisotopic (exact) mass is 294 g/mol. The third kappa shape index (κ3) is 1.48. The van der Waals surface area contributed by atoms with Gasteiger partial charge in [0.25, 0.3) is 0 Å². The minimum absolute atomic E-state index is 0.313. The lowest BCUT2D eigenvalue weighted by atomic mass is 9.64. The minimum Gasteiger partial charge on any atom is -0.396 e. The molecule has 0 amide bonds. The predicted molar refractivity (Wildman–Crippen MR) is 87.7 cm³/mol. The number of allylic oxidation sites excluding steroid dienone is 1. The van der Waals surface area contributed by atoms with Gasteiger partial charge in [0, 0.05) is 41.7 Å². The molecule has 0 aliphatic carbocycles. The standard InChI is InChI=1S/C19H22N2O/c1-2-11-9-21-17-8-14-12-5-3-4-6-16(12)20-19(14)18(21)7-13(11)15(17)10-22/h2-6,13,15,17-18,20,22H,7-10H2,1H3/b11-2-/t13-,15?,17+,18+/m1/s1. The summed E-state index contributed by atoms with van der Waals surface area (Å²) in [4.78, 5) is 6.35. The maximum Gasteiger partial charge on any atom is 0.0514 e. The number of aliphatic hydroxyl groups excluding tert-OH is 1. The van der Waals surface area contributed by atoms with Crippen LogP contribution in [0.25, 0.3) is 10.9 Å². The number of aromatic nitrogens is 1. The summed E-state index contributed by atoms with van der Waals surface area (Å²) in [6.45, 7) is 3.55. The van der Waals surface area contributed by atoms with Crippen LogP contribution < -0.4 is 0 Å². The number of aliphatic hydroxyl groups is 1. The quantitative estimate of drug-likeness (QED) is 0.794. The summed E-state index contributed by atoms with van der Waals surface area (Å²) in [6, 6.07) is 9.68. The van der Waals surface area contributed by atoms with Gasteiger partial charge in [0.2, 0.25) is 0 Å². The smallest absolute Gasteiger partial charge is 0.0514 e. The van der Waals surface area contributed by atoms with Crippen molar-refractivity contribution in [2.75, 3.05) is 13.2 Å². The second kappa shape index (κ2) is 4.46. The van der Waals surface area contributed by atoms with Crippen molar-refractivity contribution in [1.29, 1.82) is 0 Å². The van der Waals surface area contributed by atoms with E-state index in [-0.39, 0.29) is 0 Å².